The molecule has 122 valence electrons. The quantitative estimate of drug-likeness (QED) is 0.908. The van der Waals surface area contributed by atoms with E-state index in [4.69, 9.17) is 0 Å². The first kappa shape index (κ1) is 16.6. The molecular weight excluding hydrogens is 318 g/mol. The van der Waals surface area contributed by atoms with Crippen LogP contribution in [0.4, 0.5) is 0 Å². The van der Waals surface area contributed by atoms with Crippen molar-refractivity contribution in [3.63, 3.8) is 0 Å². The molecule has 0 saturated heterocycles. The lowest BCUT2D eigenvalue weighted by Gasteiger charge is -2.43. The van der Waals surface area contributed by atoms with Gasteiger partial charge in [-0.15, -0.1) is 11.8 Å². The zero-order valence-electron chi connectivity index (χ0n) is 13.4. The summed E-state index contributed by atoms with van der Waals surface area (Å²) in [5.41, 5.74) is 1.15. The van der Waals surface area contributed by atoms with Gasteiger partial charge >= 0.3 is 0 Å². The summed E-state index contributed by atoms with van der Waals surface area (Å²) >= 11 is 1.48. The average Bonchev–Trinajstić information content (AvgIpc) is 2.62. The van der Waals surface area contributed by atoms with Gasteiger partial charge in [-0.1, -0.05) is 49.6 Å². The van der Waals surface area contributed by atoms with Gasteiger partial charge in [-0.05, 0) is 18.4 Å². The molecule has 2 aliphatic rings. The summed E-state index contributed by atoms with van der Waals surface area (Å²) in [6.45, 7) is 0. The van der Waals surface area contributed by atoms with Crippen molar-refractivity contribution in [3.05, 3.63) is 46.5 Å². The number of benzene rings is 1. The van der Waals surface area contributed by atoms with Gasteiger partial charge in [0.25, 0.3) is 0 Å². The lowest BCUT2D eigenvalue weighted by Crippen LogP contribution is -2.48. The van der Waals surface area contributed by atoms with Crippen LogP contribution in [0.25, 0.3) is 0 Å². The third-order valence-electron chi connectivity index (χ3n) is 4.99. The summed E-state index contributed by atoms with van der Waals surface area (Å²) in [6, 6.07) is 14.5. The Morgan fingerprint density at radius 3 is 2.50 bits per heavy atom. The maximum atomic E-state index is 12.5. The Kier molecular flexibility index (Phi) is 4.92. The number of nitriles is 2. The molecule has 1 atom stereocenters. The SMILES string of the molecule is N#CC1=C(SCc2ccccc2)NC(=O)[C@@H](C#N)C12CCCCC2. The van der Waals surface area contributed by atoms with Crippen molar-refractivity contribution in [3.8, 4) is 12.1 Å². The Balaban J connectivity index is 1.95. The van der Waals surface area contributed by atoms with E-state index in [1.807, 2.05) is 30.3 Å². The number of carbonyl (C=O) groups is 1. The number of nitrogens with one attached hydrogen (secondary N) is 1. The topological polar surface area (TPSA) is 76.7 Å². The van der Waals surface area contributed by atoms with Gasteiger partial charge in [0.05, 0.1) is 22.7 Å². The molecule has 1 saturated carbocycles. The maximum absolute atomic E-state index is 12.5. The Hall–Kier alpha value is -2.24. The van der Waals surface area contributed by atoms with Crippen molar-refractivity contribution in [1.29, 1.82) is 10.5 Å². The first-order valence-electron chi connectivity index (χ1n) is 8.23. The van der Waals surface area contributed by atoms with Gasteiger partial charge in [0, 0.05) is 11.2 Å². The second-order valence-corrected chi connectivity index (χ2v) is 7.34. The molecule has 1 N–H and O–H groups in total. The summed E-state index contributed by atoms with van der Waals surface area (Å²) in [5.74, 6) is -0.322. The van der Waals surface area contributed by atoms with Crippen molar-refractivity contribution in [2.24, 2.45) is 11.3 Å². The highest BCUT2D eigenvalue weighted by Gasteiger charge is 2.51. The number of amides is 1. The molecule has 3 rings (SSSR count). The molecule has 0 unspecified atom stereocenters. The van der Waals surface area contributed by atoms with E-state index < -0.39 is 11.3 Å². The highest BCUT2D eigenvalue weighted by Crippen LogP contribution is 2.52. The second-order valence-electron chi connectivity index (χ2n) is 6.36. The van der Waals surface area contributed by atoms with E-state index in [1.165, 1.54) is 11.8 Å². The third kappa shape index (κ3) is 2.92. The molecule has 0 aromatic heterocycles. The molecule has 0 radical (unpaired) electrons. The van der Waals surface area contributed by atoms with E-state index in [-0.39, 0.29) is 5.91 Å². The van der Waals surface area contributed by atoms with E-state index in [2.05, 4.69) is 17.5 Å². The maximum Gasteiger partial charge on any atom is 0.243 e. The molecule has 1 fully saturated rings. The van der Waals surface area contributed by atoms with Crippen molar-refractivity contribution < 1.29 is 4.79 Å². The fourth-order valence-corrected chi connectivity index (χ4v) is 4.84. The summed E-state index contributed by atoms with van der Waals surface area (Å²) in [4.78, 5) is 12.5. The Morgan fingerprint density at radius 2 is 1.88 bits per heavy atom. The number of thioether (sulfide) groups is 1. The van der Waals surface area contributed by atoms with E-state index in [9.17, 15) is 15.3 Å². The first-order valence-corrected chi connectivity index (χ1v) is 9.22. The lowest BCUT2D eigenvalue weighted by molar-refractivity contribution is -0.126. The number of hydrogen-bond acceptors (Lipinski definition) is 4. The van der Waals surface area contributed by atoms with Crippen molar-refractivity contribution >= 4 is 17.7 Å². The minimum Gasteiger partial charge on any atom is -0.319 e. The fraction of sp³-hybridized carbons (Fsp3) is 0.421. The monoisotopic (exact) mass is 337 g/mol. The summed E-state index contributed by atoms with van der Waals surface area (Å²) in [5, 5.41) is 22.8. The van der Waals surface area contributed by atoms with E-state index in [1.54, 1.807) is 0 Å². The molecule has 1 aromatic carbocycles. The third-order valence-corrected chi connectivity index (χ3v) is 6.06. The highest BCUT2D eigenvalue weighted by atomic mass is 32.2. The summed E-state index contributed by atoms with van der Waals surface area (Å²) in [6.07, 6.45) is 4.53. The minimum atomic E-state index is -0.756. The molecule has 24 heavy (non-hydrogen) atoms. The molecule has 1 amide bonds. The van der Waals surface area contributed by atoms with Gasteiger partial charge in [0.15, 0.2) is 0 Å². The van der Waals surface area contributed by atoms with Crippen LogP contribution < -0.4 is 5.32 Å². The predicted molar refractivity (Wildman–Crippen MR) is 93.1 cm³/mol. The standard InChI is InChI=1S/C19H19N3OS/c20-11-15-17(23)22-18(24-13-14-7-3-1-4-8-14)16(12-21)19(15)9-5-2-6-10-19/h1,3-4,7-8,15H,2,5-6,9-10,13H2,(H,22,23)/t15-/m1/s1. The largest absolute Gasteiger partial charge is 0.319 e. The summed E-state index contributed by atoms with van der Waals surface area (Å²) in [7, 11) is 0. The molecule has 0 bridgehead atoms. The molecule has 1 spiro atoms. The van der Waals surface area contributed by atoms with Gasteiger partial charge in [-0.2, -0.15) is 10.5 Å². The average molecular weight is 337 g/mol. The summed E-state index contributed by atoms with van der Waals surface area (Å²) < 4.78 is 0. The van der Waals surface area contributed by atoms with Crippen LogP contribution in [0.2, 0.25) is 0 Å². The molecule has 1 heterocycles. The van der Waals surface area contributed by atoms with Crippen LogP contribution in [0.3, 0.4) is 0 Å². The van der Waals surface area contributed by atoms with Gasteiger partial charge in [0.2, 0.25) is 5.91 Å². The number of hydrogen-bond donors (Lipinski definition) is 1. The number of allylic oxidation sites excluding steroid dienone is 1. The molecular formula is C19H19N3OS. The van der Waals surface area contributed by atoms with Gasteiger partial charge in [-0.3, -0.25) is 4.79 Å². The van der Waals surface area contributed by atoms with Crippen LogP contribution in [-0.4, -0.2) is 5.91 Å². The molecule has 1 aliphatic heterocycles. The van der Waals surface area contributed by atoms with Crippen LogP contribution in [0.5, 0.6) is 0 Å². The van der Waals surface area contributed by atoms with E-state index in [0.29, 0.717) is 16.4 Å². The Labute approximate surface area is 146 Å². The molecule has 1 aliphatic carbocycles. The molecule has 4 nitrogen and oxygen atoms in total. The first-order chi connectivity index (χ1) is 11.7. The van der Waals surface area contributed by atoms with Crippen LogP contribution in [-0.2, 0) is 10.5 Å². The zero-order valence-corrected chi connectivity index (χ0v) is 14.2. The van der Waals surface area contributed by atoms with Crippen molar-refractivity contribution in [2.75, 3.05) is 0 Å². The van der Waals surface area contributed by atoms with Crippen molar-refractivity contribution in [1.82, 2.24) is 5.32 Å². The lowest BCUT2D eigenvalue weighted by atomic mass is 9.61. The van der Waals surface area contributed by atoms with Crippen LogP contribution in [0.1, 0.15) is 37.7 Å². The van der Waals surface area contributed by atoms with Gasteiger partial charge < -0.3 is 5.32 Å². The van der Waals surface area contributed by atoms with Crippen LogP contribution in [0.15, 0.2) is 40.9 Å². The molecule has 5 heteroatoms. The molecule has 1 aromatic rings. The fourth-order valence-electron chi connectivity index (χ4n) is 3.77. The zero-order chi connectivity index (χ0) is 17.0. The van der Waals surface area contributed by atoms with E-state index >= 15 is 0 Å². The van der Waals surface area contributed by atoms with Crippen LogP contribution >= 0.6 is 11.8 Å². The number of nitrogens with zero attached hydrogens (tertiary/aromatic N) is 2. The Bertz CT molecular complexity index is 736. The van der Waals surface area contributed by atoms with Gasteiger partial charge in [0.1, 0.15) is 5.92 Å². The Morgan fingerprint density at radius 1 is 1.17 bits per heavy atom. The minimum absolute atomic E-state index is 0.256. The van der Waals surface area contributed by atoms with Gasteiger partial charge in [-0.25, -0.2) is 0 Å². The number of rotatable bonds is 3. The van der Waals surface area contributed by atoms with E-state index in [0.717, 1.165) is 37.7 Å². The predicted octanol–water partition coefficient (Wildman–Crippen LogP) is 3.88. The number of carbonyl (C=O) groups excluding carboxylic acids is 1. The highest BCUT2D eigenvalue weighted by molar-refractivity contribution is 8.02. The smallest absolute Gasteiger partial charge is 0.243 e. The second kappa shape index (κ2) is 7.11. The normalized spacial score (nSPS) is 22.6. The van der Waals surface area contributed by atoms with Crippen molar-refractivity contribution in [2.45, 2.75) is 37.9 Å². The van der Waals surface area contributed by atoms with Crippen LogP contribution in [0, 0.1) is 34.0 Å².